The van der Waals surface area contributed by atoms with Gasteiger partial charge in [0.15, 0.2) is 0 Å². The Labute approximate surface area is 184 Å². The van der Waals surface area contributed by atoms with E-state index in [2.05, 4.69) is 9.44 Å². The molecule has 0 spiro atoms. The zero-order valence-corrected chi connectivity index (χ0v) is 19.1. The summed E-state index contributed by atoms with van der Waals surface area (Å²) < 4.78 is 82.9. The highest BCUT2D eigenvalue weighted by molar-refractivity contribution is 7.94. The molecule has 1 aromatic heterocycles. The van der Waals surface area contributed by atoms with Crippen molar-refractivity contribution in [1.82, 2.24) is 0 Å². The number of nitrogens with one attached hydrogen (secondary N) is 2. The van der Waals surface area contributed by atoms with Gasteiger partial charge in [-0.2, -0.15) is 0 Å². The van der Waals surface area contributed by atoms with Gasteiger partial charge in [0.2, 0.25) is 0 Å². The second-order valence-corrected chi connectivity index (χ2v) is 11.2. The van der Waals surface area contributed by atoms with Crippen LogP contribution in [0.2, 0.25) is 0 Å². The van der Waals surface area contributed by atoms with Crippen LogP contribution in [0.4, 0.5) is 20.2 Å². The summed E-state index contributed by atoms with van der Waals surface area (Å²) in [5.74, 6) is -2.09. The number of halogens is 2. The van der Waals surface area contributed by atoms with Crippen molar-refractivity contribution in [2.75, 3.05) is 9.44 Å². The lowest BCUT2D eigenvalue weighted by Crippen LogP contribution is -2.18. The summed E-state index contributed by atoms with van der Waals surface area (Å²) in [4.78, 5) is -0.616. The first-order valence-electron chi connectivity index (χ1n) is 9.26. The highest BCUT2D eigenvalue weighted by Crippen LogP contribution is 2.32. The molecule has 0 saturated carbocycles. The lowest BCUT2D eigenvalue weighted by Gasteiger charge is -2.18. The van der Waals surface area contributed by atoms with E-state index in [-0.39, 0.29) is 15.6 Å². The van der Waals surface area contributed by atoms with Crippen LogP contribution in [0.3, 0.4) is 0 Å². The largest absolute Gasteiger partial charge is 0.277 e. The third-order valence-electron chi connectivity index (χ3n) is 4.50. The van der Waals surface area contributed by atoms with E-state index < -0.39 is 36.6 Å². The minimum Gasteiger partial charge on any atom is -0.277 e. The third-order valence-corrected chi connectivity index (χ3v) is 8.60. The SMILES string of the molecule is CCc1cc(NS(=O)(=O)c2cc(F)cc(F)c2)c(NS(=O)(=O)c2cccs2)cc1CC. The van der Waals surface area contributed by atoms with Gasteiger partial charge in [0.25, 0.3) is 20.0 Å². The lowest BCUT2D eigenvalue weighted by atomic mass is 10.0. The molecule has 0 unspecified atom stereocenters. The summed E-state index contributed by atoms with van der Waals surface area (Å²) >= 11 is 1.01. The molecule has 0 atom stereocenters. The Kier molecular flexibility index (Phi) is 6.68. The molecule has 166 valence electrons. The Bertz CT molecular complexity index is 1290. The molecule has 3 aromatic rings. The number of benzene rings is 2. The van der Waals surface area contributed by atoms with Crippen molar-refractivity contribution in [2.45, 2.75) is 35.8 Å². The number of hydrogen-bond donors (Lipinski definition) is 2. The van der Waals surface area contributed by atoms with Crippen molar-refractivity contribution in [3.8, 4) is 0 Å². The zero-order valence-electron chi connectivity index (χ0n) is 16.6. The number of hydrogen-bond acceptors (Lipinski definition) is 5. The molecule has 3 rings (SSSR count). The summed E-state index contributed by atoms with van der Waals surface area (Å²) in [5.41, 5.74) is 1.62. The molecule has 0 fully saturated rings. The first kappa shape index (κ1) is 23.2. The predicted octanol–water partition coefficient (Wildman–Crippen LogP) is 4.75. The molecule has 11 heteroatoms. The predicted molar refractivity (Wildman–Crippen MR) is 117 cm³/mol. The van der Waals surface area contributed by atoms with E-state index in [0.29, 0.717) is 31.0 Å². The highest BCUT2D eigenvalue weighted by Gasteiger charge is 2.23. The molecule has 0 aliphatic rings. The fraction of sp³-hybridized carbons (Fsp3) is 0.200. The summed E-state index contributed by atoms with van der Waals surface area (Å²) in [7, 11) is -8.35. The van der Waals surface area contributed by atoms with Gasteiger partial charge in [-0.25, -0.2) is 25.6 Å². The Morgan fingerprint density at radius 2 is 1.32 bits per heavy atom. The van der Waals surface area contributed by atoms with Crippen LogP contribution in [0.5, 0.6) is 0 Å². The van der Waals surface area contributed by atoms with Crippen LogP contribution < -0.4 is 9.44 Å². The zero-order chi connectivity index (χ0) is 22.8. The van der Waals surface area contributed by atoms with Crippen LogP contribution in [0.15, 0.2) is 56.9 Å². The van der Waals surface area contributed by atoms with E-state index in [1.165, 1.54) is 12.1 Å². The molecule has 0 saturated heterocycles. The van der Waals surface area contributed by atoms with Crippen molar-refractivity contribution >= 4 is 42.8 Å². The minimum atomic E-state index is -4.40. The molecule has 0 aliphatic carbocycles. The van der Waals surface area contributed by atoms with Crippen LogP contribution in [-0.2, 0) is 32.9 Å². The molecule has 31 heavy (non-hydrogen) atoms. The van der Waals surface area contributed by atoms with Gasteiger partial charge < -0.3 is 0 Å². The smallest absolute Gasteiger partial charge is 0.271 e. The van der Waals surface area contributed by atoms with Gasteiger partial charge >= 0.3 is 0 Å². The molecule has 1 heterocycles. The Balaban J connectivity index is 2.09. The van der Waals surface area contributed by atoms with Gasteiger partial charge in [0, 0.05) is 6.07 Å². The lowest BCUT2D eigenvalue weighted by molar-refractivity contribution is 0.568. The Morgan fingerprint density at radius 3 is 1.77 bits per heavy atom. The Morgan fingerprint density at radius 1 is 0.806 bits per heavy atom. The maximum atomic E-state index is 13.6. The molecule has 6 nitrogen and oxygen atoms in total. The standard InChI is InChI=1S/C20H20F2N2O4S3/c1-3-13-8-18(23-30(25,26)17-11-15(21)10-16(22)12-17)19(9-14(13)4-2)24-31(27,28)20-6-5-7-29-20/h5-12,23-24H,3-4H2,1-2H3. The van der Waals surface area contributed by atoms with Crippen LogP contribution in [-0.4, -0.2) is 16.8 Å². The van der Waals surface area contributed by atoms with E-state index in [1.54, 1.807) is 17.5 Å². The fourth-order valence-electron chi connectivity index (χ4n) is 3.02. The normalized spacial score (nSPS) is 12.0. The molecule has 0 bridgehead atoms. The molecule has 0 amide bonds. The average molecular weight is 487 g/mol. The summed E-state index contributed by atoms with van der Waals surface area (Å²) in [6.07, 6.45) is 1.17. The molecule has 0 radical (unpaired) electrons. The van der Waals surface area contributed by atoms with Crippen molar-refractivity contribution in [1.29, 1.82) is 0 Å². The van der Waals surface area contributed by atoms with E-state index >= 15 is 0 Å². The second kappa shape index (κ2) is 8.93. The third kappa shape index (κ3) is 5.23. The first-order chi connectivity index (χ1) is 14.6. The fourth-order valence-corrected chi connectivity index (χ4v) is 6.19. The van der Waals surface area contributed by atoms with Crippen LogP contribution >= 0.6 is 11.3 Å². The number of aryl methyl sites for hydroxylation is 2. The van der Waals surface area contributed by atoms with Crippen LogP contribution in [0.25, 0.3) is 0 Å². The summed E-state index contributed by atoms with van der Waals surface area (Å²) in [6.45, 7) is 3.77. The van der Waals surface area contributed by atoms with E-state index in [1.807, 2.05) is 13.8 Å². The molecule has 0 aliphatic heterocycles. The Hall–Kier alpha value is -2.50. The van der Waals surface area contributed by atoms with E-state index in [0.717, 1.165) is 22.5 Å². The number of anilines is 2. The minimum absolute atomic E-state index is 0.0166. The van der Waals surface area contributed by atoms with Crippen LogP contribution in [0.1, 0.15) is 25.0 Å². The first-order valence-corrected chi connectivity index (χ1v) is 13.1. The van der Waals surface area contributed by atoms with Crippen LogP contribution in [0, 0.1) is 11.6 Å². The molecular formula is C20H20F2N2O4S3. The van der Waals surface area contributed by atoms with Gasteiger partial charge in [-0.05, 0) is 59.7 Å². The topological polar surface area (TPSA) is 92.3 Å². The maximum absolute atomic E-state index is 13.6. The van der Waals surface area contributed by atoms with Gasteiger partial charge in [-0.1, -0.05) is 19.9 Å². The summed E-state index contributed by atoms with van der Waals surface area (Å²) in [6, 6.07) is 8.02. The van der Waals surface area contributed by atoms with Crippen molar-refractivity contribution < 1.29 is 25.6 Å². The van der Waals surface area contributed by atoms with Gasteiger partial charge in [-0.15, -0.1) is 11.3 Å². The van der Waals surface area contributed by atoms with Gasteiger partial charge in [0.05, 0.1) is 16.3 Å². The molecule has 2 aromatic carbocycles. The molecule has 2 N–H and O–H groups in total. The number of thiophene rings is 1. The maximum Gasteiger partial charge on any atom is 0.271 e. The van der Waals surface area contributed by atoms with Crippen molar-refractivity contribution in [2.24, 2.45) is 0 Å². The van der Waals surface area contributed by atoms with Crippen molar-refractivity contribution in [3.05, 3.63) is 70.6 Å². The monoisotopic (exact) mass is 486 g/mol. The second-order valence-electron chi connectivity index (χ2n) is 6.62. The van der Waals surface area contributed by atoms with E-state index in [9.17, 15) is 25.6 Å². The number of sulfonamides is 2. The average Bonchev–Trinajstić information content (AvgIpc) is 3.23. The van der Waals surface area contributed by atoms with E-state index in [4.69, 9.17) is 0 Å². The molecular weight excluding hydrogens is 466 g/mol. The highest BCUT2D eigenvalue weighted by atomic mass is 32.2. The van der Waals surface area contributed by atoms with Gasteiger partial charge in [-0.3, -0.25) is 9.44 Å². The van der Waals surface area contributed by atoms with Crippen molar-refractivity contribution in [3.63, 3.8) is 0 Å². The van der Waals surface area contributed by atoms with Gasteiger partial charge in [0.1, 0.15) is 15.8 Å². The quantitative estimate of drug-likeness (QED) is 0.481. The number of rotatable bonds is 8. The summed E-state index contributed by atoms with van der Waals surface area (Å²) in [5, 5.41) is 1.61.